The van der Waals surface area contributed by atoms with Crippen LogP contribution in [0.15, 0.2) is 28.7 Å². The van der Waals surface area contributed by atoms with Gasteiger partial charge in [-0.1, -0.05) is 36.8 Å². The molecule has 0 aliphatic carbocycles. The normalized spacial score (nSPS) is 12.6. The Morgan fingerprint density at radius 3 is 2.67 bits per heavy atom. The molecule has 0 aliphatic heterocycles. The number of hydrogen-bond donors (Lipinski definition) is 1. The average Bonchev–Trinajstić information content (AvgIpc) is 2.73. The number of halogens is 1. The van der Waals surface area contributed by atoms with Gasteiger partial charge < -0.3 is 5.32 Å². The summed E-state index contributed by atoms with van der Waals surface area (Å²) in [5.74, 6) is 0. The molecular formula is C17H24BrN3. The molecule has 21 heavy (non-hydrogen) atoms. The molecule has 2 aromatic rings. The second kappa shape index (κ2) is 7.23. The summed E-state index contributed by atoms with van der Waals surface area (Å²) in [6.45, 7) is 4.28. The van der Waals surface area contributed by atoms with Crippen LogP contribution in [0.5, 0.6) is 0 Å². The van der Waals surface area contributed by atoms with Crippen molar-refractivity contribution in [2.45, 2.75) is 39.2 Å². The molecule has 0 amide bonds. The standard InChI is InChI=1S/C17H24BrN3/c1-5-15-17(18)16(21(4)20-15)11-14(19-3)10-13-8-6-7-12(2)9-13/h6-9,14,19H,5,10-11H2,1-4H3. The molecular weight excluding hydrogens is 326 g/mol. The van der Waals surface area contributed by atoms with Gasteiger partial charge in [-0.05, 0) is 48.3 Å². The maximum Gasteiger partial charge on any atom is 0.0766 e. The molecule has 0 saturated carbocycles. The van der Waals surface area contributed by atoms with Crippen LogP contribution in [0.1, 0.15) is 29.4 Å². The molecule has 0 bridgehead atoms. The molecule has 1 N–H and O–H groups in total. The summed E-state index contributed by atoms with van der Waals surface area (Å²) >= 11 is 3.71. The zero-order chi connectivity index (χ0) is 15.4. The summed E-state index contributed by atoms with van der Waals surface area (Å²) in [5.41, 5.74) is 5.09. The second-order valence-electron chi connectivity index (χ2n) is 5.57. The highest BCUT2D eigenvalue weighted by molar-refractivity contribution is 9.10. The van der Waals surface area contributed by atoms with E-state index < -0.39 is 0 Å². The maximum atomic E-state index is 4.58. The molecule has 1 unspecified atom stereocenters. The van der Waals surface area contributed by atoms with E-state index >= 15 is 0 Å². The third-order valence-electron chi connectivity index (χ3n) is 3.92. The second-order valence-corrected chi connectivity index (χ2v) is 6.36. The Bertz CT molecular complexity index is 604. The van der Waals surface area contributed by atoms with Crippen molar-refractivity contribution in [3.63, 3.8) is 0 Å². The van der Waals surface area contributed by atoms with E-state index in [1.165, 1.54) is 16.8 Å². The number of nitrogens with one attached hydrogen (secondary N) is 1. The Kier molecular flexibility index (Phi) is 5.59. The number of aromatic nitrogens is 2. The minimum atomic E-state index is 0.406. The molecule has 0 radical (unpaired) electrons. The van der Waals surface area contributed by atoms with E-state index in [2.05, 4.69) is 64.5 Å². The summed E-state index contributed by atoms with van der Waals surface area (Å²) in [6, 6.07) is 9.14. The van der Waals surface area contributed by atoms with Gasteiger partial charge in [0.2, 0.25) is 0 Å². The van der Waals surface area contributed by atoms with E-state index in [1.54, 1.807) is 0 Å². The quantitative estimate of drug-likeness (QED) is 0.865. The highest BCUT2D eigenvalue weighted by Gasteiger charge is 2.17. The fourth-order valence-corrected chi connectivity index (χ4v) is 3.45. The van der Waals surface area contributed by atoms with Gasteiger partial charge in [-0.15, -0.1) is 0 Å². The van der Waals surface area contributed by atoms with Gasteiger partial charge in [0.05, 0.1) is 15.9 Å². The van der Waals surface area contributed by atoms with Crippen LogP contribution in [0.25, 0.3) is 0 Å². The summed E-state index contributed by atoms with van der Waals surface area (Å²) in [4.78, 5) is 0. The predicted octanol–water partition coefficient (Wildman–Crippen LogP) is 3.43. The molecule has 1 heterocycles. The Labute approximate surface area is 135 Å². The van der Waals surface area contributed by atoms with Gasteiger partial charge >= 0.3 is 0 Å². The lowest BCUT2D eigenvalue weighted by atomic mass is 10.0. The first-order valence-electron chi connectivity index (χ1n) is 7.48. The van der Waals surface area contributed by atoms with Crippen molar-refractivity contribution in [3.05, 3.63) is 51.3 Å². The van der Waals surface area contributed by atoms with Gasteiger partial charge in [0, 0.05) is 19.5 Å². The molecule has 4 heteroatoms. The highest BCUT2D eigenvalue weighted by atomic mass is 79.9. The highest BCUT2D eigenvalue weighted by Crippen LogP contribution is 2.23. The Morgan fingerprint density at radius 2 is 2.10 bits per heavy atom. The number of nitrogens with zero attached hydrogens (tertiary/aromatic N) is 2. The Morgan fingerprint density at radius 1 is 1.33 bits per heavy atom. The van der Waals surface area contributed by atoms with Crippen LogP contribution in [0.3, 0.4) is 0 Å². The van der Waals surface area contributed by atoms with Crippen LogP contribution in [-0.2, 0) is 26.3 Å². The van der Waals surface area contributed by atoms with Crippen LogP contribution >= 0.6 is 15.9 Å². The smallest absolute Gasteiger partial charge is 0.0766 e. The SMILES string of the molecule is CCc1nn(C)c(CC(Cc2cccc(C)c2)NC)c1Br. The summed E-state index contributed by atoms with van der Waals surface area (Å²) < 4.78 is 3.17. The van der Waals surface area contributed by atoms with E-state index in [4.69, 9.17) is 0 Å². The number of aryl methyl sites for hydroxylation is 3. The van der Waals surface area contributed by atoms with E-state index in [0.29, 0.717) is 6.04 Å². The van der Waals surface area contributed by atoms with Gasteiger partial charge in [0.25, 0.3) is 0 Å². The van der Waals surface area contributed by atoms with Crippen LogP contribution in [0, 0.1) is 6.92 Å². The zero-order valence-electron chi connectivity index (χ0n) is 13.3. The lowest BCUT2D eigenvalue weighted by Crippen LogP contribution is -2.30. The topological polar surface area (TPSA) is 29.9 Å². The van der Waals surface area contributed by atoms with Crippen LogP contribution in [0.2, 0.25) is 0 Å². The fourth-order valence-electron chi connectivity index (χ4n) is 2.67. The van der Waals surface area contributed by atoms with Crippen molar-refractivity contribution >= 4 is 15.9 Å². The number of likely N-dealkylation sites (N-methyl/N-ethyl adjacent to an activating group) is 1. The minimum absolute atomic E-state index is 0.406. The molecule has 1 atom stereocenters. The third kappa shape index (κ3) is 3.95. The first kappa shape index (κ1) is 16.2. The Balaban J connectivity index is 2.14. The summed E-state index contributed by atoms with van der Waals surface area (Å²) in [7, 11) is 4.06. The minimum Gasteiger partial charge on any atom is -0.316 e. The van der Waals surface area contributed by atoms with Crippen LogP contribution < -0.4 is 5.32 Å². The largest absolute Gasteiger partial charge is 0.316 e. The van der Waals surface area contributed by atoms with Crippen LogP contribution in [-0.4, -0.2) is 22.9 Å². The van der Waals surface area contributed by atoms with E-state index in [0.717, 1.165) is 29.4 Å². The zero-order valence-corrected chi connectivity index (χ0v) is 14.9. The molecule has 0 saturated heterocycles. The Hall–Kier alpha value is -1.13. The number of rotatable bonds is 6. The molecule has 0 aliphatic rings. The van der Waals surface area contributed by atoms with Crippen molar-refractivity contribution in [3.8, 4) is 0 Å². The van der Waals surface area contributed by atoms with Crippen molar-refractivity contribution in [1.82, 2.24) is 15.1 Å². The molecule has 0 fully saturated rings. The van der Waals surface area contributed by atoms with Gasteiger partial charge in [-0.3, -0.25) is 4.68 Å². The van der Waals surface area contributed by atoms with E-state index in [9.17, 15) is 0 Å². The summed E-state index contributed by atoms with van der Waals surface area (Å²) in [6.07, 6.45) is 2.95. The number of hydrogen-bond acceptors (Lipinski definition) is 2. The van der Waals surface area contributed by atoms with Crippen molar-refractivity contribution < 1.29 is 0 Å². The molecule has 2 rings (SSSR count). The predicted molar refractivity (Wildman–Crippen MR) is 91.7 cm³/mol. The lowest BCUT2D eigenvalue weighted by Gasteiger charge is -2.17. The average molecular weight is 350 g/mol. The van der Waals surface area contributed by atoms with Crippen molar-refractivity contribution in [2.24, 2.45) is 7.05 Å². The van der Waals surface area contributed by atoms with Gasteiger partial charge in [-0.25, -0.2) is 0 Å². The lowest BCUT2D eigenvalue weighted by molar-refractivity contribution is 0.532. The summed E-state index contributed by atoms with van der Waals surface area (Å²) in [5, 5.41) is 8.02. The van der Waals surface area contributed by atoms with E-state index in [1.807, 2.05) is 18.8 Å². The third-order valence-corrected chi connectivity index (χ3v) is 4.83. The maximum absolute atomic E-state index is 4.58. The first-order chi connectivity index (χ1) is 10.0. The van der Waals surface area contributed by atoms with E-state index in [-0.39, 0.29) is 0 Å². The molecule has 3 nitrogen and oxygen atoms in total. The van der Waals surface area contributed by atoms with Gasteiger partial charge in [-0.2, -0.15) is 5.10 Å². The van der Waals surface area contributed by atoms with Gasteiger partial charge in [0.1, 0.15) is 0 Å². The fraction of sp³-hybridized carbons (Fsp3) is 0.471. The van der Waals surface area contributed by atoms with Gasteiger partial charge in [0.15, 0.2) is 0 Å². The monoisotopic (exact) mass is 349 g/mol. The number of benzene rings is 1. The molecule has 0 spiro atoms. The molecule has 1 aromatic heterocycles. The van der Waals surface area contributed by atoms with Crippen molar-refractivity contribution in [1.29, 1.82) is 0 Å². The first-order valence-corrected chi connectivity index (χ1v) is 8.27. The molecule has 114 valence electrons. The van der Waals surface area contributed by atoms with Crippen molar-refractivity contribution in [2.75, 3.05) is 7.05 Å². The van der Waals surface area contributed by atoms with Crippen LogP contribution in [0.4, 0.5) is 0 Å². The molecule has 1 aromatic carbocycles.